The molecule has 0 saturated heterocycles. The summed E-state index contributed by atoms with van der Waals surface area (Å²) in [7, 11) is 13.6. The van der Waals surface area contributed by atoms with Crippen LogP contribution in [0.2, 0.25) is 0 Å². The first-order valence-corrected chi connectivity index (χ1v) is 27.8. The van der Waals surface area contributed by atoms with Crippen LogP contribution in [0.15, 0.2) is 108 Å². The average molecular weight is 925 g/mol. The van der Waals surface area contributed by atoms with Gasteiger partial charge in [-0.2, -0.15) is 4.57 Å². The molecule has 0 saturated carbocycles. The van der Waals surface area contributed by atoms with Crippen LogP contribution in [0, 0.1) is 0 Å². The molecule has 0 atom stereocenters. The number of unbranched alkanes of at least 4 members (excludes halogenated alkanes) is 4. The van der Waals surface area contributed by atoms with Crippen LogP contribution in [-0.4, -0.2) is 114 Å². The van der Waals surface area contributed by atoms with Crippen molar-refractivity contribution in [2.75, 3.05) is 108 Å². The summed E-state index contributed by atoms with van der Waals surface area (Å²) in [6.07, 6.45) is 34.8. The number of aromatic nitrogens is 1. The van der Waals surface area contributed by atoms with E-state index in [-0.39, 0.29) is 0 Å². The smallest absolute Gasteiger partial charge is 0.205 e. The monoisotopic (exact) mass is 924 g/mol. The number of aryl methyl sites for hydroxylation is 1. The second kappa shape index (κ2) is 33.8. The number of anilines is 2. The van der Waals surface area contributed by atoms with Gasteiger partial charge in [-0.1, -0.05) is 130 Å². The number of likely N-dealkylation sites (N-methyl/N-ethyl adjacent to an activating group) is 1. The molecule has 3 aromatic rings. The summed E-state index contributed by atoms with van der Waals surface area (Å²) in [5.74, 6) is 2.44. The molecule has 0 aliphatic rings. The Hall–Kier alpha value is -3.56. The number of hydrogen-bond donors (Lipinski definition) is 0. The van der Waals surface area contributed by atoms with Gasteiger partial charge in [0.15, 0.2) is 12.7 Å². The lowest BCUT2D eigenvalue weighted by Gasteiger charge is -2.29. The summed E-state index contributed by atoms with van der Waals surface area (Å²) in [6.45, 7) is 20.2. The van der Waals surface area contributed by atoms with Gasteiger partial charge in [-0.3, -0.25) is 4.99 Å². The Morgan fingerprint density at radius 1 is 0.508 bits per heavy atom. The van der Waals surface area contributed by atoms with Gasteiger partial charge >= 0.3 is 0 Å². The standard InChI is InChI=1S/C57H91N6S2/c1-9-13-41-59(42-14-10-2)56-35-29-53(30-36-56)27-20-18-17-19-22-39-58-40-50-63(7,8)49-26-52-65-64-51-25-48-62(5,6)47-24-46-61-45-23-21-28-55(61)34-31-54-32-37-57(38-33-54)60(43-15-11-3)44-16-12-4/h17-23,27-39,45H,9-16,24-26,40-44,46-52H2,1-8H3/q+3/b18-17+,22-19-,27-20+,58-39?. The predicted molar refractivity (Wildman–Crippen MR) is 296 cm³/mol. The van der Waals surface area contributed by atoms with Crippen molar-refractivity contribution in [3.8, 4) is 0 Å². The van der Waals surface area contributed by atoms with Gasteiger partial charge < -0.3 is 18.8 Å². The molecule has 0 aliphatic heterocycles. The first-order chi connectivity index (χ1) is 31.6. The van der Waals surface area contributed by atoms with Crippen LogP contribution in [0.3, 0.4) is 0 Å². The summed E-state index contributed by atoms with van der Waals surface area (Å²) in [5, 5.41) is 0. The van der Waals surface area contributed by atoms with Crippen molar-refractivity contribution in [2.24, 2.45) is 4.99 Å². The second-order valence-corrected chi connectivity index (χ2v) is 21.6. The lowest BCUT2D eigenvalue weighted by atomic mass is 10.1. The molecule has 1 aromatic heterocycles. The number of aliphatic imine (C=N–C) groups is 1. The van der Waals surface area contributed by atoms with Gasteiger partial charge in [0.05, 0.1) is 67.3 Å². The maximum absolute atomic E-state index is 4.65. The molecule has 2 aromatic carbocycles. The number of pyridine rings is 1. The van der Waals surface area contributed by atoms with Crippen molar-refractivity contribution in [2.45, 2.75) is 105 Å². The number of rotatable bonds is 36. The number of allylic oxidation sites excluding steroid dienone is 5. The van der Waals surface area contributed by atoms with Crippen LogP contribution in [0.5, 0.6) is 0 Å². The van der Waals surface area contributed by atoms with E-state index in [4.69, 9.17) is 0 Å². The first kappa shape index (κ1) is 55.8. The van der Waals surface area contributed by atoms with Crippen molar-refractivity contribution in [3.05, 3.63) is 120 Å². The minimum atomic E-state index is 0.857. The Bertz CT molecular complexity index is 1800. The molecule has 3 rings (SSSR count). The van der Waals surface area contributed by atoms with Crippen LogP contribution >= 0.6 is 21.6 Å². The van der Waals surface area contributed by atoms with Gasteiger partial charge in [0.1, 0.15) is 0 Å². The van der Waals surface area contributed by atoms with Gasteiger partial charge in [0.2, 0.25) is 5.69 Å². The van der Waals surface area contributed by atoms with E-state index >= 15 is 0 Å². The van der Waals surface area contributed by atoms with E-state index in [0.29, 0.717) is 0 Å². The zero-order valence-corrected chi connectivity index (χ0v) is 44.0. The van der Waals surface area contributed by atoms with E-state index in [2.05, 4.69) is 212 Å². The van der Waals surface area contributed by atoms with E-state index in [1.165, 1.54) is 130 Å². The molecule has 0 fully saturated rings. The van der Waals surface area contributed by atoms with Gasteiger partial charge in [-0.15, -0.1) is 0 Å². The molecule has 358 valence electrons. The van der Waals surface area contributed by atoms with Gasteiger partial charge in [-0.05, 0) is 79.3 Å². The summed E-state index contributed by atoms with van der Waals surface area (Å²) in [4.78, 5) is 9.75. The molecule has 0 radical (unpaired) electrons. The quantitative estimate of drug-likeness (QED) is 0.0145. The highest BCUT2D eigenvalue weighted by Gasteiger charge is 2.17. The maximum Gasteiger partial charge on any atom is 0.205 e. The molecule has 1 heterocycles. The number of nitrogens with zero attached hydrogens (tertiary/aromatic N) is 6. The van der Waals surface area contributed by atoms with Crippen molar-refractivity contribution in [3.63, 3.8) is 0 Å². The molecule has 8 heteroatoms. The fraction of sp³-hybridized carbons (Fsp3) is 0.544. The zero-order valence-electron chi connectivity index (χ0n) is 42.4. The summed E-state index contributed by atoms with van der Waals surface area (Å²) >= 11 is 0. The third-order valence-electron chi connectivity index (χ3n) is 12.1. The number of hydrogen-bond acceptors (Lipinski definition) is 5. The summed E-state index contributed by atoms with van der Waals surface area (Å²) < 4.78 is 4.51. The lowest BCUT2D eigenvalue weighted by Crippen LogP contribution is -2.44. The zero-order chi connectivity index (χ0) is 46.9. The fourth-order valence-corrected chi connectivity index (χ4v) is 9.88. The van der Waals surface area contributed by atoms with Gasteiger partial charge in [0, 0.05) is 86.3 Å². The molecule has 0 spiro atoms. The second-order valence-electron chi connectivity index (χ2n) is 18.9. The Morgan fingerprint density at radius 3 is 1.52 bits per heavy atom. The summed E-state index contributed by atoms with van der Waals surface area (Å²) in [5.41, 5.74) is 6.44. The molecule has 65 heavy (non-hydrogen) atoms. The molecular formula is C57H91N6S2+3. The first-order valence-electron chi connectivity index (χ1n) is 25.3. The van der Waals surface area contributed by atoms with E-state index < -0.39 is 0 Å². The SMILES string of the molecule is CCCCN(CCCC)c1ccc(/C=C/C=C/C=C\C=NCC[N+](C)(C)CCCSSCCC[N+](C)(C)CCC[n+]2ccccc2/C=C/c2ccc(N(CCCC)CCCC)cc2)cc1. The van der Waals surface area contributed by atoms with Crippen LogP contribution in [0.4, 0.5) is 11.4 Å². The van der Waals surface area contributed by atoms with Crippen LogP contribution in [0.1, 0.15) is 115 Å². The number of quaternary nitrogens is 2. The van der Waals surface area contributed by atoms with Crippen molar-refractivity contribution >= 4 is 57.4 Å². The third-order valence-corrected chi connectivity index (χ3v) is 14.6. The Labute approximate surface area is 407 Å². The van der Waals surface area contributed by atoms with Crippen molar-refractivity contribution in [1.29, 1.82) is 0 Å². The molecule has 0 N–H and O–H groups in total. The average Bonchev–Trinajstić information content (AvgIpc) is 3.30. The molecular weight excluding hydrogens is 833 g/mol. The largest absolute Gasteiger partial charge is 0.372 e. The predicted octanol–water partition coefficient (Wildman–Crippen LogP) is 13.6. The van der Waals surface area contributed by atoms with Crippen LogP contribution in [-0.2, 0) is 6.54 Å². The van der Waals surface area contributed by atoms with Crippen molar-refractivity contribution in [1.82, 2.24) is 0 Å². The van der Waals surface area contributed by atoms with E-state index in [1.807, 2.05) is 12.3 Å². The lowest BCUT2D eigenvalue weighted by molar-refractivity contribution is -0.892. The van der Waals surface area contributed by atoms with Gasteiger partial charge in [0.25, 0.3) is 0 Å². The highest BCUT2D eigenvalue weighted by atomic mass is 33.1. The number of benzene rings is 2. The molecule has 6 nitrogen and oxygen atoms in total. The van der Waals surface area contributed by atoms with Crippen molar-refractivity contribution < 1.29 is 13.5 Å². The molecule has 0 unspecified atom stereocenters. The van der Waals surface area contributed by atoms with E-state index in [9.17, 15) is 0 Å². The Morgan fingerprint density at radius 2 is 0.985 bits per heavy atom. The Balaban J connectivity index is 1.25. The molecule has 0 amide bonds. The highest BCUT2D eigenvalue weighted by Crippen LogP contribution is 2.24. The normalized spacial score (nSPS) is 12.6. The van der Waals surface area contributed by atoms with E-state index in [1.54, 1.807) is 0 Å². The molecule has 0 bridgehead atoms. The fourth-order valence-electron chi connectivity index (χ4n) is 7.74. The highest BCUT2D eigenvalue weighted by molar-refractivity contribution is 8.76. The van der Waals surface area contributed by atoms with Crippen LogP contribution < -0.4 is 14.4 Å². The van der Waals surface area contributed by atoms with Crippen LogP contribution in [0.25, 0.3) is 18.2 Å². The van der Waals surface area contributed by atoms with E-state index in [0.717, 1.165) is 54.8 Å². The van der Waals surface area contributed by atoms with Gasteiger partial charge in [-0.25, -0.2) is 0 Å². The third kappa shape index (κ3) is 25.2. The minimum absolute atomic E-state index is 0.857. The Kier molecular flexibility index (Phi) is 29.0. The summed E-state index contributed by atoms with van der Waals surface area (Å²) in [6, 6.07) is 24.7. The minimum Gasteiger partial charge on any atom is -0.372 e. The maximum atomic E-state index is 4.65. The topological polar surface area (TPSA) is 22.7 Å². The molecule has 0 aliphatic carbocycles.